The Bertz CT molecular complexity index is 572. The number of ether oxygens (including phenoxy) is 1. The van der Waals surface area contributed by atoms with Gasteiger partial charge in [-0.3, -0.25) is 0 Å². The molecule has 0 aromatic heterocycles. The summed E-state index contributed by atoms with van der Waals surface area (Å²) in [5.41, 5.74) is 7.43. The van der Waals surface area contributed by atoms with Crippen molar-refractivity contribution in [3.8, 4) is 16.9 Å². The van der Waals surface area contributed by atoms with Crippen molar-refractivity contribution in [1.29, 1.82) is 0 Å². The lowest BCUT2D eigenvalue weighted by atomic mass is 10.0. The zero-order valence-corrected chi connectivity index (χ0v) is 10.7. The summed E-state index contributed by atoms with van der Waals surface area (Å²) in [7, 11) is 1.54. The average Bonchev–Trinajstić information content (AvgIpc) is 2.38. The molecule has 4 heteroatoms. The molecule has 0 heterocycles. The maximum Gasteiger partial charge on any atom is 0.137 e. The number of benzene rings is 2. The lowest BCUT2D eigenvalue weighted by molar-refractivity contribution is 0.415. The van der Waals surface area contributed by atoms with E-state index >= 15 is 0 Å². The van der Waals surface area contributed by atoms with Gasteiger partial charge in [-0.15, -0.1) is 0 Å². The Morgan fingerprint density at radius 2 is 2.00 bits per heavy atom. The molecule has 0 spiro atoms. The van der Waals surface area contributed by atoms with Gasteiger partial charge >= 0.3 is 0 Å². The fraction of sp³-hybridized carbons (Fsp3) is 0.143. The highest BCUT2D eigenvalue weighted by Gasteiger charge is 2.08. The first-order chi connectivity index (χ1) is 8.65. The quantitative estimate of drug-likeness (QED) is 0.920. The van der Waals surface area contributed by atoms with E-state index in [1.54, 1.807) is 30.3 Å². The van der Waals surface area contributed by atoms with Crippen molar-refractivity contribution >= 4 is 11.6 Å². The molecule has 2 N–H and O–H groups in total. The summed E-state index contributed by atoms with van der Waals surface area (Å²) in [5.74, 6) is 0.263. The summed E-state index contributed by atoms with van der Waals surface area (Å²) >= 11 is 6.02. The van der Waals surface area contributed by atoms with Crippen LogP contribution < -0.4 is 10.5 Å². The lowest BCUT2D eigenvalue weighted by Crippen LogP contribution is -1.97. The molecule has 0 saturated heterocycles. The molecule has 0 amide bonds. The zero-order chi connectivity index (χ0) is 13.1. The fourth-order valence-corrected chi connectivity index (χ4v) is 2.01. The van der Waals surface area contributed by atoms with Crippen LogP contribution in [0.4, 0.5) is 4.39 Å². The van der Waals surface area contributed by atoms with Crippen LogP contribution in [-0.4, -0.2) is 7.11 Å². The number of methoxy groups -OCH3 is 1. The van der Waals surface area contributed by atoms with Gasteiger partial charge in [0.2, 0.25) is 0 Å². The number of hydrogen-bond acceptors (Lipinski definition) is 2. The third kappa shape index (κ3) is 2.47. The van der Waals surface area contributed by atoms with E-state index in [9.17, 15) is 4.39 Å². The van der Waals surface area contributed by atoms with Gasteiger partial charge in [-0.25, -0.2) is 4.39 Å². The average molecular weight is 266 g/mol. The minimum absolute atomic E-state index is 0.306. The summed E-state index contributed by atoms with van der Waals surface area (Å²) in [6.45, 7) is 0.320. The highest BCUT2D eigenvalue weighted by Crippen LogP contribution is 2.31. The Balaban J connectivity index is 2.45. The first kappa shape index (κ1) is 12.9. The van der Waals surface area contributed by atoms with Gasteiger partial charge in [-0.2, -0.15) is 0 Å². The number of nitrogens with two attached hydrogens (primary N) is 1. The van der Waals surface area contributed by atoms with Gasteiger partial charge in [0.05, 0.1) is 12.1 Å². The standard InChI is InChI=1S/C14H13ClFNO/c1-18-14-5-3-10(7-12(14)15)11-4-2-9(8-17)6-13(11)16/h2-7H,8,17H2,1H3. The van der Waals surface area contributed by atoms with Crippen LogP contribution >= 0.6 is 11.6 Å². The monoisotopic (exact) mass is 265 g/mol. The summed E-state index contributed by atoms with van der Waals surface area (Å²) < 4.78 is 19.0. The van der Waals surface area contributed by atoms with Gasteiger partial charge in [-0.05, 0) is 29.3 Å². The third-order valence-electron chi connectivity index (χ3n) is 2.73. The van der Waals surface area contributed by atoms with E-state index < -0.39 is 0 Å². The predicted molar refractivity (Wildman–Crippen MR) is 71.3 cm³/mol. The van der Waals surface area contributed by atoms with Crippen molar-refractivity contribution < 1.29 is 9.13 Å². The van der Waals surface area contributed by atoms with Crippen LogP contribution in [0.5, 0.6) is 5.75 Å². The number of halogens is 2. The van der Waals surface area contributed by atoms with Gasteiger partial charge in [0.25, 0.3) is 0 Å². The van der Waals surface area contributed by atoms with Crippen LogP contribution in [0.1, 0.15) is 5.56 Å². The molecule has 2 rings (SSSR count). The number of hydrogen-bond donors (Lipinski definition) is 1. The van der Waals surface area contributed by atoms with E-state index in [1.165, 1.54) is 13.2 Å². The summed E-state index contributed by atoms with van der Waals surface area (Å²) in [5, 5.41) is 0.456. The van der Waals surface area contributed by atoms with Crippen molar-refractivity contribution in [1.82, 2.24) is 0 Å². The second-order valence-electron chi connectivity index (χ2n) is 3.87. The van der Waals surface area contributed by atoms with Crippen LogP contribution in [0, 0.1) is 5.82 Å². The smallest absolute Gasteiger partial charge is 0.137 e. The third-order valence-corrected chi connectivity index (χ3v) is 3.03. The predicted octanol–water partition coefficient (Wildman–Crippen LogP) is 3.61. The maximum absolute atomic E-state index is 13.9. The largest absolute Gasteiger partial charge is 0.495 e. The molecular weight excluding hydrogens is 253 g/mol. The molecule has 0 radical (unpaired) electrons. The van der Waals surface area contributed by atoms with Crippen molar-refractivity contribution in [2.45, 2.75) is 6.54 Å². The van der Waals surface area contributed by atoms with Crippen LogP contribution in [0.2, 0.25) is 5.02 Å². The van der Waals surface area contributed by atoms with Gasteiger partial charge in [0, 0.05) is 12.1 Å². The highest BCUT2D eigenvalue weighted by molar-refractivity contribution is 6.32. The topological polar surface area (TPSA) is 35.2 Å². The first-order valence-electron chi connectivity index (χ1n) is 5.48. The molecule has 0 bridgehead atoms. The van der Waals surface area contributed by atoms with Gasteiger partial charge in [-0.1, -0.05) is 29.8 Å². The van der Waals surface area contributed by atoms with Crippen LogP contribution in [-0.2, 0) is 6.54 Å². The second kappa shape index (κ2) is 5.38. The van der Waals surface area contributed by atoms with Crippen LogP contribution in [0.15, 0.2) is 36.4 Å². The molecule has 0 atom stereocenters. The Morgan fingerprint density at radius 3 is 2.56 bits per heavy atom. The Kier molecular flexibility index (Phi) is 3.84. The first-order valence-corrected chi connectivity index (χ1v) is 5.86. The van der Waals surface area contributed by atoms with Crippen LogP contribution in [0.25, 0.3) is 11.1 Å². The molecule has 0 aliphatic carbocycles. The maximum atomic E-state index is 13.9. The minimum atomic E-state index is -0.306. The molecule has 0 aliphatic heterocycles. The van der Waals surface area contributed by atoms with Crippen molar-refractivity contribution in [2.75, 3.05) is 7.11 Å². The van der Waals surface area contributed by atoms with E-state index in [-0.39, 0.29) is 5.82 Å². The second-order valence-corrected chi connectivity index (χ2v) is 4.27. The molecule has 94 valence electrons. The summed E-state index contributed by atoms with van der Waals surface area (Å²) in [6, 6.07) is 10.1. The van der Waals surface area contributed by atoms with Crippen molar-refractivity contribution in [2.24, 2.45) is 5.73 Å². The molecule has 0 saturated carbocycles. The molecule has 2 aromatic rings. The van der Waals surface area contributed by atoms with Crippen LogP contribution in [0.3, 0.4) is 0 Å². The SMILES string of the molecule is COc1ccc(-c2ccc(CN)cc2F)cc1Cl. The Morgan fingerprint density at radius 1 is 1.22 bits per heavy atom. The molecule has 2 nitrogen and oxygen atoms in total. The Labute approximate surface area is 110 Å². The van der Waals surface area contributed by atoms with E-state index in [0.29, 0.717) is 28.4 Å². The fourth-order valence-electron chi connectivity index (χ4n) is 1.75. The van der Waals surface area contributed by atoms with Crippen molar-refractivity contribution in [3.63, 3.8) is 0 Å². The van der Waals surface area contributed by atoms with E-state index in [4.69, 9.17) is 22.1 Å². The van der Waals surface area contributed by atoms with Gasteiger partial charge in [0.15, 0.2) is 0 Å². The van der Waals surface area contributed by atoms with E-state index in [0.717, 1.165) is 5.56 Å². The molecule has 0 fully saturated rings. The molecule has 0 aliphatic rings. The minimum Gasteiger partial charge on any atom is -0.495 e. The molecule has 18 heavy (non-hydrogen) atoms. The Hall–Kier alpha value is -1.58. The molecule has 2 aromatic carbocycles. The van der Waals surface area contributed by atoms with E-state index in [2.05, 4.69) is 0 Å². The highest BCUT2D eigenvalue weighted by atomic mass is 35.5. The normalized spacial score (nSPS) is 10.4. The summed E-state index contributed by atoms with van der Waals surface area (Å²) in [6.07, 6.45) is 0. The lowest BCUT2D eigenvalue weighted by Gasteiger charge is -2.08. The molecular formula is C14H13ClFNO. The van der Waals surface area contributed by atoms with E-state index in [1.807, 2.05) is 0 Å². The summed E-state index contributed by atoms with van der Waals surface area (Å²) in [4.78, 5) is 0. The van der Waals surface area contributed by atoms with Gasteiger partial charge in [0.1, 0.15) is 11.6 Å². The van der Waals surface area contributed by atoms with Gasteiger partial charge < -0.3 is 10.5 Å². The zero-order valence-electron chi connectivity index (χ0n) is 9.91. The number of rotatable bonds is 3. The van der Waals surface area contributed by atoms with Crippen molar-refractivity contribution in [3.05, 3.63) is 52.8 Å². The molecule has 0 unspecified atom stereocenters.